The molecule has 1 atom stereocenters. The fourth-order valence-corrected chi connectivity index (χ4v) is 6.40. The highest BCUT2D eigenvalue weighted by atomic mass is 32.2. The van der Waals surface area contributed by atoms with Crippen LogP contribution in [0.3, 0.4) is 0 Å². The van der Waals surface area contributed by atoms with Crippen molar-refractivity contribution in [1.29, 1.82) is 0 Å². The van der Waals surface area contributed by atoms with E-state index in [1.807, 2.05) is 38.1 Å². The van der Waals surface area contributed by atoms with Crippen molar-refractivity contribution in [3.05, 3.63) is 101 Å². The number of fused-ring (bicyclic) bond motifs is 2. The quantitative estimate of drug-likeness (QED) is 0.526. The molecule has 1 unspecified atom stereocenters. The van der Waals surface area contributed by atoms with Crippen molar-refractivity contribution in [2.24, 2.45) is 0 Å². The summed E-state index contributed by atoms with van der Waals surface area (Å²) in [6, 6.07) is 19.2. The van der Waals surface area contributed by atoms with Crippen molar-refractivity contribution in [2.75, 3.05) is 11.4 Å². The fourth-order valence-electron chi connectivity index (χ4n) is 4.67. The first kappa shape index (κ1) is 21.6. The van der Waals surface area contributed by atoms with Crippen LogP contribution in [-0.2, 0) is 16.2 Å². The minimum absolute atomic E-state index is 0.0579. The van der Waals surface area contributed by atoms with E-state index in [0.717, 1.165) is 5.56 Å². The highest BCUT2D eigenvalue weighted by Gasteiger charge is 2.63. The minimum atomic E-state index is -1.31. The van der Waals surface area contributed by atoms with Crippen molar-refractivity contribution in [2.45, 2.75) is 30.0 Å². The van der Waals surface area contributed by atoms with Gasteiger partial charge in [0.2, 0.25) is 0 Å². The SMILES string of the molecule is CC1(C)CN(C(=O)c2ccccc2F)C2(S1)C(=O)N(Cc1ccc(F)cc1)c1ccccc12. The van der Waals surface area contributed by atoms with Crippen LogP contribution >= 0.6 is 11.8 Å². The fraction of sp³-hybridized carbons (Fsp3) is 0.231. The number of benzene rings is 3. The Labute approximate surface area is 195 Å². The van der Waals surface area contributed by atoms with Gasteiger partial charge in [0, 0.05) is 16.9 Å². The summed E-state index contributed by atoms with van der Waals surface area (Å²) in [6.07, 6.45) is 0. The summed E-state index contributed by atoms with van der Waals surface area (Å²) >= 11 is 1.41. The van der Waals surface area contributed by atoms with Crippen LogP contribution in [0.25, 0.3) is 0 Å². The molecule has 2 heterocycles. The van der Waals surface area contributed by atoms with Crippen molar-refractivity contribution in [1.82, 2.24) is 4.90 Å². The largest absolute Gasteiger partial charge is 0.310 e. The van der Waals surface area contributed by atoms with Gasteiger partial charge in [-0.15, -0.1) is 11.8 Å². The summed E-state index contributed by atoms with van der Waals surface area (Å²) in [5.74, 6) is -1.74. The van der Waals surface area contributed by atoms with Gasteiger partial charge in [-0.1, -0.05) is 42.5 Å². The summed E-state index contributed by atoms with van der Waals surface area (Å²) in [6.45, 7) is 4.48. The molecule has 3 aromatic rings. The highest BCUT2D eigenvalue weighted by molar-refractivity contribution is 8.02. The number of hydrogen-bond donors (Lipinski definition) is 0. The predicted molar refractivity (Wildman–Crippen MR) is 125 cm³/mol. The van der Waals surface area contributed by atoms with Gasteiger partial charge in [0.05, 0.1) is 17.8 Å². The summed E-state index contributed by atoms with van der Waals surface area (Å²) in [4.78, 5) is 29.6. The molecule has 0 saturated carbocycles. The molecule has 1 fully saturated rings. The number of anilines is 1. The zero-order valence-corrected chi connectivity index (χ0v) is 19.0. The molecule has 2 aliphatic heterocycles. The predicted octanol–water partition coefficient (Wildman–Crippen LogP) is 5.33. The first-order valence-electron chi connectivity index (χ1n) is 10.7. The molecule has 0 aromatic heterocycles. The lowest BCUT2D eigenvalue weighted by atomic mass is 10.0. The Morgan fingerprint density at radius 2 is 1.64 bits per heavy atom. The molecule has 7 heteroatoms. The summed E-state index contributed by atoms with van der Waals surface area (Å²) in [5, 5.41) is 0. The van der Waals surface area contributed by atoms with Gasteiger partial charge in [-0.25, -0.2) is 8.78 Å². The topological polar surface area (TPSA) is 40.6 Å². The number of amides is 2. The Balaban J connectivity index is 1.63. The molecule has 3 aromatic carbocycles. The molecular weight excluding hydrogens is 442 g/mol. The molecule has 1 saturated heterocycles. The molecule has 2 amide bonds. The zero-order valence-electron chi connectivity index (χ0n) is 18.2. The third kappa shape index (κ3) is 3.42. The van der Waals surface area contributed by atoms with Crippen LogP contribution in [0.4, 0.5) is 14.5 Å². The molecule has 1 spiro atoms. The maximum absolute atomic E-state index is 14.6. The standard InChI is InChI=1S/C26H22F2N2O2S/c1-25(2)16-30(23(31)19-7-3-5-9-21(19)28)26(33-25)20-8-4-6-10-22(20)29(24(26)32)15-17-11-13-18(27)14-12-17/h3-14H,15-16H2,1-2H3. The van der Waals surface area contributed by atoms with Crippen molar-refractivity contribution in [3.8, 4) is 0 Å². The third-order valence-electron chi connectivity index (χ3n) is 6.04. The molecular formula is C26H22F2N2O2S. The molecule has 2 aliphatic rings. The maximum atomic E-state index is 14.6. The Hall–Kier alpha value is -3.19. The van der Waals surface area contributed by atoms with Gasteiger partial charge >= 0.3 is 0 Å². The van der Waals surface area contributed by atoms with E-state index < -0.39 is 21.3 Å². The van der Waals surface area contributed by atoms with E-state index >= 15 is 0 Å². The lowest BCUT2D eigenvalue weighted by Crippen LogP contribution is -2.50. The van der Waals surface area contributed by atoms with Crippen molar-refractivity contribution < 1.29 is 18.4 Å². The highest BCUT2D eigenvalue weighted by Crippen LogP contribution is 2.60. The molecule has 0 aliphatic carbocycles. The lowest BCUT2D eigenvalue weighted by molar-refractivity contribution is -0.123. The van der Waals surface area contributed by atoms with Crippen LogP contribution < -0.4 is 4.90 Å². The normalized spacial score (nSPS) is 21.0. The van der Waals surface area contributed by atoms with E-state index in [4.69, 9.17) is 0 Å². The molecule has 33 heavy (non-hydrogen) atoms. The monoisotopic (exact) mass is 464 g/mol. The number of thioether (sulfide) groups is 1. The van der Waals surface area contributed by atoms with Gasteiger partial charge in [0.25, 0.3) is 11.8 Å². The van der Waals surface area contributed by atoms with Gasteiger partial charge in [0.15, 0.2) is 4.87 Å². The van der Waals surface area contributed by atoms with Crippen LogP contribution in [0.1, 0.15) is 35.3 Å². The molecule has 168 valence electrons. The second-order valence-electron chi connectivity index (χ2n) is 8.91. The average Bonchev–Trinajstić information content (AvgIpc) is 3.21. The zero-order chi connectivity index (χ0) is 23.4. The first-order chi connectivity index (χ1) is 15.7. The van der Waals surface area contributed by atoms with Crippen molar-refractivity contribution in [3.63, 3.8) is 0 Å². The Morgan fingerprint density at radius 3 is 2.36 bits per heavy atom. The Morgan fingerprint density at radius 1 is 0.970 bits per heavy atom. The van der Waals surface area contributed by atoms with E-state index in [9.17, 15) is 18.4 Å². The second kappa shape index (κ2) is 7.70. The summed E-state index contributed by atoms with van der Waals surface area (Å²) < 4.78 is 27.6. The number of para-hydroxylation sites is 1. The Kier molecular flexibility index (Phi) is 5.05. The Bertz CT molecular complexity index is 1260. The lowest BCUT2D eigenvalue weighted by Gasteiger charge is -2.33. The van der Waals surface area contributed by atoms with E-state index in [0.29, 0.717) is 11.3 Å². The summed E-state index contributed by atoms with van der Waals surface area (Å²) in [5.41, 5.74) is 2.11. The molecule has 4 nitrogen and oxygen atoms in total. The first-order valence-corrected chi connectivity index (χ1v) is 11.5. The minimum Gasteiger partial charge on any atom is -0.310 e. The van der Waals surface area contributed by atoms with E-state index in [-0.39, 0.29) is 30.4 Å². The van der Waals surface area contributed by atoms with Gasteiger partial charge in [0.1, 0.15) is 11.6 Å². The van der Waals surface area contributed by atoms with Crippen LogP contribution in [0.5, 0.6) is 0 Å². The number of rotatable bonds is 3. The van der Waals surface area contributed by atoms with Gasteiger partial charge in [-0.3, -0.25) is 9.59 Å². The number of carbonyl (C=O) groups is 2. The maximum Gasteiger partial charge on any atom is 0.268 e. The molecule has 5 rings (SSSR count). The van der Waals surface area contributed by atoms with E-state index in [2.05, 4.69) is 0 Å². The number of hydrogen-bond acceptors (Lipinski definition) is 3. The molecule has 0 radical (unpaired) electrons. The van der Waals surface area contributed by atoms with Crippen LogP contribution in [0, 0.1) is 11.6 Å². The molecule has 0 bridgehead atoms. The smallest absolute Gasteiger partial charge is 0.268 e. The third-order valence-corrected chi connectivity index (χ3v) is 7.63. The number of halogens is 2. The van der Waals surface area contributed by atoms with E-state index in [1.165, 1.54) is 47.0 Å². The summed E-state index contributed by atoms with van der Waals surface area (Å²) in [7, 11) is 0. The number of carbonyl (C=O) groups excluding carboxylic acids is 2. The molecule has 0 N–H and O–H groups in total. The van der Waals surface area contributed by atoms with Gasteiger partial charge in [-0.2, -0.15) is 0 Å². The van der Waals surface area contributed by atoms with Crippen LogP contribution in [0.15, 0.2) is 72.8 Å². The van der Waals surface area contributed by atoms with Gasteiger partial charge < -0.3 is 9.80 Å². The van der Waals surface area contributed by atoms with Gasteiger partial charge in [-0.05, 0) is 49.7 Å². The van der Waals surface area contributed by atoms with Crippen molar-refractivity contribution >= 4 is 29.3 Å². The number of nitrogens with zero attached hydrogens (tertiary/aromatic N) is 2. The van der Waals surface area contributed by atoms with Crippen LogP contribution in [0.2, 0.25) is 0 Å². The average molecular weight is 465 g/mol. The second-order valence-corrected chi connectivity index (χ2v) is 10.8. The van der Waals surface area contributed by atoms with E-state index in [1.54, 1.807) is 23.1 Å². The van der Waals surface area contributed by atoms with Crippen LogP contribution in [-0.4, -0.2) is 28.0 Å².